The maximum Gasteiger partial charge on any atom is 0.425 e. The molecule has 0 aromatic heterocycles. The molecule has 1 rings (SSSR count). The van der Waals surface area contributed by atoms with Crippen molar-refractivity contribution in [2.75, 3.05) is 0 Å². The van der Waals surface area contributed by atoms with Crippen molar-refractivity contribution < 1.29 is 32.2 Å². The molecule has 0 saturated carbocycles. The molecule has 0 saturated heterocycles. The lowest BCUT2D eigenvalue weighted by atomic mass is 10.1. The van der Waals surface area contributed by atoms with Gasteiger partial charge in [0, 0.05) is 12.2 Å². The lowest BCUT2D eigenvalue weighted by molar-refractivity contribution is -0.213. The molecule has 4 nitrogen and oxygen atoms in total. The molecule has 1 aromatic carbocycles. The van der Waals surface area contributed by atoms with Crippen LogP contribution < -0.4 is 0 Å². The third-order valence-corrected chi connectivity index (χ3v) is 2.91. The van der Waals surface area contributed by atoms with Gasteiger partial charge in [0.1, 0.15) is 6.10 Å². The molecule has 7 heteroatoms. The zero-order chi connectivity index (χ0) is 17.5. The fraction of sp³-hybridized carbons (Fsp3) is 0.375. The molecule has 126 valence electrons. The number of hydrogen-bond acceptors (Lipinski definition) is 4. The van der Waals surface area contributed by atoms with Gasteiger partial charge in [-0.15, -0.1) is 0 Å². The Hall–Kier alpha value is -2.31. The minimum Gasteiger partial charge on any atom is -0.454 e. The van der Waals surface area contributed by atoms with Crippen LogP contribution in [0.15, 0.2) is 42.5 Å². The molecule has 0 heterocycles. The Bertz CT molecular complexity index is 552. The summed E-state index contributed by atoms with van der Waals surface area (Å²) in [5, 5.41) is 0. The molecule has 0 aliphatic rings. The monoisotopic (exact) mass is 330 g/mol. The quantitative estimate of drug-likeness (QED) is 0.589. The van der Waals surface area contributed by atoms with Gasteiger partial charge in [-0.2, -0.15) is 13.2 Å². The molecule has 0 bridgehead atoms. The van der Waals surface area contributed by atoms with E-state index in [4.69, 9.17) is 4.74 Å². The molecular formula is C16H17F3O4. The Kier molecular flexibility index (Phi) is 6.81. The first-order chi connectivity index (χ1) is 10.7. The lowest BCUT2D eigenvalue weighted by Crippen LogP contribution is -2.30. The van der Waals surface area contributed by atoms with Crippen molar-refractivity contribution in [3.05, 3.63) is 48.0 Å². The minimum atomic E-state index is -4.65. The molecular weight excluding hydrogens is 313 g/mol. The Morgan fingerprint density at radius 2 is 1.61 bits per heavy atom. The van der Waals surface area contributed by atoms with Gasteiger partial charge in [-0.1, -0.05) is 37.3 Å². The summed E-state index contributed by atoms with van der Waals surface area (Å²) >= 11 is 0. The highest BCUT2D eigenvalue weighted by atomic mass is 19.4. The molecule has 0 aliphatic heterocycles. The van der Waals surface area contributed by atoms with Crippen molar-refractivity contribution in [3.63, 3.8) is 0 Å². The van der Waals surface area contributed by atoms with E-state index >= 15 is 0 Å². The van der Waals surface area contributed by atoms with E-state index in [0.717, 1.165) is 11.6 Å². The summed E-state index contributed by atoms with van der Waals surface area (Å²) in [5.74, 6) is -2.10. The first-order valence-electron chi connectivity index (χ1n) is 6.95. The number of benzene rings is 1. The van der Waals surface area contributed by atoms with E-state index < -0.39 is 30.3 Å². The van der Waals surface area contributed by atoms with Crippen LogP contribution in [-0.2, 0) is 19.1 Å². The van der Waals surface area contributed by atoms with Gasteiger partial charge in [-0.25, -0.2) is 9.59 Å². The van der Waals surface area contributed by atoms with E-state index in [1.807, 2.05) is 13.0 Å². The minimum absolute atomic E-state index is 0.501. The largest absolute Gasteiger partial charge is 0.454 e. The van der Waals surface area contributed by atoms with E-state index in [0.29, 0.717) is 19.4 Å². The third kappa shape index (κ3) is 6.54. The second kappa shape index (κ2) is 8.36. The second-order valence-corrected chi connectivity index (χ2v) is 4.70. The van der Waals surface area contributed by atoms with Crippen LogP contribution in [0.3, 0.4) is 0 Å². The number of hydrogen-bond donors (Lipinski definition) is 0. The number of rotatable bonds is 6. The fourth-order valence-electron chi connectivity index (χ4n) is 1.65. The third-order valence-electron chi connectivity index (χ3n) is 2.91. The molecule has 0 amide bonds. The van der Waals surface area contributed by atoms with Crippen molar-refractivity contribution in [1.29, 1.82) is 0 Å². The first kappa shape index (κ1) is 18.7. The van der Waals surface area contributed by atoms with Crippen LogP contribution in [0.5, 0.6) is 0 Å². The molecule has 0 aliphatic carbocycles. The lowest BCUT2D eigenvalue weighted by Gasteiger charge is -2.16. The molecule has 23 heavy (non-hydrogen) atoms. The van der Waals surface area contributed by atoms with E-state index in [1.165, 1.54) is 0 Å². The smallest absolute Gasteiger partial charge is 0.425 e. The van der Waals surface area contributed by atoms with Crippen LogP contribution in [0.2, 0.25) is 0 Å². The van der Waals surface area contributed by atoms with Crippen LogP contribution in [0.1, 0.15) is 31.9 Å². The maximum atomic E-state index is 12.2. The van der Waals surface area contributed by atoms with Gasteiger partial charge in [-0.05, 0) is 18.9 Å². The molecule has 2 atom stereocenters. The number of carbonyl (C=O) groups is 2. The van der Waals surface area contributed by atoms with Gasteiger partial charge in [0.2, 0.25) is 0 Å². The van der Waals surface area contributed by atoms with Crippen LogP contribution >= 0.6 is 0 Å². The van der Waals surface area contributed by atoms with Crippen LogP contribution in [0.4, 0.5) is 13.2 Å². The standard InChI is InChI=1S/C16H17F3O4/c1-3-13(12-7-5-4-6-8-12)23-15(21)10-9-14(20)22-11(2)16(17,18)19/h4-11,13H,3H2,1-2H3/b10-9+. The second-order valence-electron chi connectivity index (χ2n) is 4.70. The molecule has 1 aromatic rings. The van der Waals surface area contributed by atoms with Crippen molar-refractivity contribution in [3.8, 4) is 0 Å². The predicted molar refractivity (Wildman–Crippen MR) is 76.3 cm³/mol. The van der Waals surface area contributed by atoms with Gasteiger partial charge in [0.05, 0.1) is 0 Å². The molecule has 0 N–H and O–H groups in total. The van der Waals surface area contributed by atoms with Gasteiger partial charge >= 0.3 is 18.1 Å². The molecule has 0 radical (unpaired) electrons. The Morgan fingerprint density at radius 3 is 2.09 bits per heavy atom. The highest BCUT2D eigenvalue weighted by Gasteiger charge is 2.38. The zero-order valence-corrected chi connectivity index (χ0v) is 12.7. The van der Waals surface area contributed by atoms with Crippen LogP contribution in [0, 0.1) is 0 Å². The van der Waals surface area contributed by atoms with E-state index in [2.05, 4.69) is 4.74 Å². The van der Waals surface area contributed by atoms with Crippen LogP contribution in [-0.4, -0.2) is 24.2 Å². The zero-order valence-electron chi connectivity index (χ0n) is 12.7. The van der Waals surface area contributed by atoms with E-state index in [1.54, 1.807) is 24.3 Å². The number of carbonyl (C=O) groups excluding carboxylic acids is 2. The van der Waals surface area contributed by atoms with Crippen molar-refractivity contribution in [2.45, 2.75) is 38.7 Å². The molecule has 0 fully saturated rings. The summed E-state index contributed by atoms with van der Waals surface area (Å²) in [4.78, 5) is 22.8. The van der Waals surface area contributed by atoms with Gasteiger partial charge in [0.15, 0.2) is 6.10 Å². The fourth-order valence-corrected chi connectivity index (χ4v) is 1.65. The highest BCUT2D eigenvalue weighted by molar-refractivity contribution is 5.91. The van der Waals surface area contributed by atoms with E-state index in [9.17, 15) is 22.8 Å². The summed E-state index contributed by atoms with van der Waals surface area (Å²) in [5.41, 5.74) is 0.782. The maximum absolute atomic E-state index is 12.2. The summed E-state index contributed by atoms with van der Waals surface area (Å²) in [7, 11) is 0. The van der Waals surface area contributed by atoms with Crippen molar-refractivity contribution >= 4 is 11.9 Å². The summed E-state index contributed by atoms with van der Waals surface area (Å²) in [6.45, 7) is 2.51. The van der Waals surface area contributed by atoms with Crippen LogP contribution in [0.25, 0.3) is 0 Å². The number of ether oxygens (including phenoxy) is 2. The highest BCUT2D eigenvalue weighted by Crippen LogP contribution is 2.23. The number of esters is 2. The predicted octanol–water partition coefficient (Wildman–Crippen LogP) is 3.73. The van der Waals surface area contributed by atoms with Gasteiger partial charge in [-0.3, -0.25) is 0 Å². The topological polar surface area (TPSA) is 52.6 Å². The SMILES string of the molecule is CCC(OC(=O)/C=C/C(=O)OC(C)C(F)(F)F)c1ccccc1. The van der Waals surface area contributed by atoms with Gasteiger partial charge < -0.3 is 9.47 Å². The Balaban J connectivity index is 2.56. The Labute approximate surface area is 131 Å². The summed E-state index contributed by atoms with van der Waals surface area (Å²) in [6.07, 6.45) is -5.52. The first-order valence-corrected chi connectivity index (χ1v) is 6.95. The summed E-state index contributed by atoms with van der Waals surface area (Å²) < 4.78 is 45.9. The number of alkyl halides is 3. The van der Waals surface area contributed by atoms with Gasteiger partial charge in [0.25, 0.3) is 0 Å². The molecule has 2 unspecified atom stereocenters. The Morgan fingerprint density at radius 1 is 1.09 bits per heavy atom. The average molecular weight is 330 g/mol. The normalized spacial score (nSPS) is 14.3. The number of halogens is 3. The van der Waals surface area contributed by atoms with E-state index in [-0.39, 0.29) is 0 Å². The average Bonchev–Trinajstić information content (AvgIpc) is 2.50. The molecule has 0 spiro atoms. The summed E-state index contributed by atoms with van der Waals surface area (Å²) in [6, 6.07) is 8.96. The van der Waals surface area contributed by atoms with Crippen molar-refractivity contribution in [2.24, 2.45) is 0 Å². The van der Waals surface area contributed by atoms with Crippen molar-refractivity contribution in [1.82, 2.24) is 0 Å².